The predicted octanol–water partition coefficient (Wildman–Crippen LogP) is 2.44. The molecule has 1 unspecified atom stereocenters. The van der Waals surface area contributed by atoms with Gasteiger partial charge in [0.1, 0.15) is 5.75 Å². The second kappa shape index (κ2) is 9.69. The van der Waals surface area contributed by atoms with Crippen molar-refractivity contribution in [2.75, 3.05) is 75.9 Å². The van der Waals surface area contributed by atoms with E-state index in [4.69, 9.17) is 4.74 Å². The molecule has 1 saturated heterocycles. The molecule has 2 aromatic rings. The lowest BCUT2D eigenvalue weighted by molar-refractivity contribution is 0.256. The summed E-state index contributed by atoms with van der Waals surface area (Å²) in [5.41, 5.74) is 8.45. The van der Waals surface area contributed by atoms with Gasteiger partial charge in [0.25, 0.3) is 0 Å². The molecule has 1 fully saturated rings. The molecule has 1 aromatic carbocycles. The zero-order chi connectivity index (χ0) is 22.8. The molecule has 0 amide bonds. The van der Waals surface area contributed by atoms with Gasteiger partial charge in [-0.3, -0.25) is 9.91 Å². The number of hydroxylamine groups is 2. The van der Waals surface area contributed by atoms with Crippen LogP contribution in [0.4, 0.5) is 11.5 Å². The lowest BCUT2D eigenvalue weighted by atomic mass is 9.84. The third-order valence-electron chi connectivity index (χ3n) is 6.93. The highest BCUT2D eigenvalue weighted by atomic mass is 16.5. The van der Waals surface area contributed by atoms with E-state index in [0.717, 1.165) is 56.4 Å². The molecule has 1 N–H and O–H groups in total. The Morgan fingerprint density at radius 1 is 1.09 bits per heavy atom. The molecule has 0 saturated carbocycles. The van der Waals surface area contributed by atoms with E-state index in [0.29, 0.717) is 19.6 Å². The molecule has 4 heterocycles. The Kier molecular flexibility index (Phi) is 6.50. The highest BCUT2D eigenvalue weighted by molar-refractivity contribution is 5.82. The highest BCUT2D eigenvalue weighted by Gasteiger charge is 2.31. The lowest BCUT2D eigenvalue weighted by Crippen LogP contribution is -2.51. The maximum Gasteiger partial charge on any atom is 0.150 e. The molecule has 0 aliphatic carbocycles. The van der Waals surface area contributed by atoms with Crippen LogP contribution in [0.25, 0.3) is 5.57 Å². The smallest absolute Gasteiger partial charge is 0.150 e. The van der Waals surface area contributed by atoms with Crippen LogP contribution in [0.3, 0.4) is 0 Å². The summed E-state index contributed by atoms with van der Waals surface area (Å²) in [7, 11) is 1.73. The molecule has 0 radical (unpaired) electrons. The first-order chi connectivity index (χ1) is 16.1. The number of hydrogen-bond donors (Lipinski definition) is 1. The fourth-order valence-corrected chi connectivity index (χ4v) is 5.36. The molecule has 0 bridgehead atoms. The molecule has 3 aliphatic heterocycles. The Morgan fingerprint density at radius 3 is 2.73 bits per heavy atom. The molecule has 1 atom stereocenters. The van der Waals surface area contributed by atoms with Gasteiger partial charge in [-0.15, -0.1) is 0 Å². The average molecular weight is 450 g/mol. The molecule has 5 rings (SSSR count). The Labute approximate surface area is 196 Å². The fourth-order valence-electron chi connectivity index (χ4n) is 5.36. The van der Waals surface area contributed by atoms with Crippen molar-refractivity contribution < 1.29 is 4.74 Å². The number of methoxy groups -OCH3 is 1. The SMILES string of the molecule is COc1ccccc1N1CCN(CCNN2CC3=C(c4cccnc42)C(C)CN([O-])C3)CC1. The standard InChI is InChI=1S/C25H33N6O2/c1-19-16-30(32)17-20-18-31(25-21(24(19)20)6-5-9-26-25)27-10-11-28-12-14-29(15-13-28)22-7-3-4-8-23(22)33-2/h3-9,19,27H,10-18H2,1-2H3/q-1. The number of hydrazine groups is 1. The first kappa shape index (κ1) is 22.2. The van der Waals surface area contributed by atoms with E-state index in [1.807, 2.05) is 24.4 Å². The highest BCUT2D eigenvalue weighted by Crippen LogP contribution is 2.39. The summed E-state index contributed by atoms with van der Waals surface area (Å²) < 4.78 is 5.53. The van der Waals surface area contributed by atoms with E-state index in [-0.39, 0.29) is 5.92 Å². The number of nitrogens with one attached hydrogen (secondary N) is 1. The van der Waals surface area contributed by atoms with E-state index in [1.54, 1.807) is 7.11 Å². The number of ether oxygens (including phenoxy) is 1. The van der Waals surface area contributed by atoms with Gasteiger partial charge < -0.3 is 19.9 Å². The average Bonchev–Trinajstić information content (AvgIpc) is 2.84. The van der Waals surface area contributed by atoms with Crippen molar-refractivity contribution in [3.63, 3.8) is 0 Å². The Balaban J connectivity index is 1.18. The first-order valence-corrected chi connectivity index (χ1v) is 11.8. The van der Waals surface area contributed by atoms with Crippen LogP contribution < -0.4 is 20.1 Å². The minimum absolute atomic E-state index is 0.232. The number of aromatic nitrogens is 1. The maximum absolute atomic E-state index is 12.1. The van der Waals surface area contributed by atoms with Gasteiger partial charge >= 0.3 is 0 Å². The summed E-state index contributed by atoms with van der Waals surface area (Å²) in [5.74, 6) is 2.14. The van der Waals surface area contributed by atoms with Gasteiger partial charge in [-0.1, -0.05) is 19.1 Å². The summed E-state index contributed by atoms with van der Waals surface area (Å²) in [6, 6.07) is 12.4. The van der Waals surface area contributed by atoms with E-state index in [1.165, 1.54) is 21.9 Å². The fraction of sp³-hybridized carbons (Fsp3) is 0.480. The molecule has 1 aromatic heterocycles. The second-order valence-corrected chi connectivity index (χ2v) is 9.11. The van der Waals surface area contributed by atoms with Crippen molar-refractivity contribution >= 4 is 17.1 Å². The van der Waals surface area contributed by atoms with Crippen molar-refractivity contribution in [2.24, 2.45) is 5.92 Å². The largest absolute Gasteiger partial charge is 0.785 e. The molecular formula is C25H33N6O2-. The summed E-state index contributed by atoms with van der Waals surface area (Å²) in [6.07, 6.45) is 1.85. The van der Waals surface area contributed by atoms with Gasteiger partial charge in [-0.05, 0) is 47.9 Å². The van der Waals surface area contributed by atoms with Crippen LogP contribution in [0.5, 0.6) is 5.75 Å². The van der Waals surface area contributed by atoms with Crippen molar-refractivity contribution in [1.29, 1.82) is 0 Å². The molecule has 33 heavy (non-hydrogen) atoms. The van der Waals surface area contributed by atoms with Crippen LogP contribution in [0, 0.1) is 11.1 Å². The Hall–Kier alpha value is -2.65. The van der Waals surface area contributed by atoms with Crippen LogP contribution >= 0.6 is 0 Å². The van der Waals surface area contributed by atoms with E-state index >= 15 is 0 Å². The normalized spacial score (nSPS) is 21.7. The van der Waals surface area contributed by atoms with E-state index in [2.05, 4.69) is 50.3 Å². The molecular weight excluding hydrogens is 416 g/mol. The van der Waals surface area contributed by atoms with Gasteiger partial charge in [0.2, 0.25) is 0 Å². The molecule has 3 aliphatic rings. The van der Waals surface area contributed by atoms with Gasteiger partial charge in [-0.2, -0.15) is 0 Å². The van der Waals surface area contributed by atoms with Crippen LogP contribution in [-0.2, 0) is 0 Å². The number of pyridine rings is 1. The van der Waals surface area contributed by atoms with E-state index < -0.39 is 0 Å². The number of fused-ring (bicyclic) bond motifs is 2. The first-order valence-electron chi connectivity index (χ1n) is 11.8. The molecule has 0 spiro atoms. The molecule has 8 nitrogen and oxygen atoms in total. The summed E-state index contributed by atoms with van der Waals surface area (Å²) in [5, 5.41) is 15.5. The summed E-state index contributed by atoms with van der Waals surface area (Å²) >= 11 is 0. The number of anilines is 2. The van der Waals surface area contributed by atoms with Crippen LogP contribution in [0.15, 0.2) is 48.2 Å². The number of hydrogen-bond acceptors (Lipinski definition) is 8. The number of benzene rings is 1. The third kappa shape index (κ3) is 4.56. The lowest BCUT2D eigenvalue weighted by Gasteiger charge is -2.44. The Bertz CT molecular complexity index is 1000. The summed E-state index contributed by atoms with van der Waals surface area (Å²) in [4.78, 5) is 9.57. The van der Waals surface area contributed by atoms with Crippen molar-refractivity contribution in [2.45, 2.75) is 6.92 Å². The minimum Gasteiger partial charge on any atom is -0.785 e. The van der Waals surface area contributed by atoms with E-state index in [9.17, 15) is 5.21 Å². The number of para-hydroxylation sites is 2. The van der Waals surface area contributed by atoms with Crippen LogP contribution in [0.1, 0.15) is 12.5 Å². The Morgan fingerprint density at radius 2 is 1.91 bits per heavy atom. The van der Waals surface area contributed by atoms with Crippen LogP contribution in [-0.4, -0.2) is 81.0 Å². The topological polar surface area (TPSA) is 70.2 Å². The third-order valence-corrected chi connectivity index (χ3v) is 6.93. The minimum atomic E-state index is 0.232. The van der Waals surface area contributed by atoms with Crippen molar-refractivity contribution in [3.05, 3.63) is 58.9 Å². The number of piperazine rings is 1. The van der Waals surface area contributed by atoms with Gasteiger partial charge in [0, 0.05) is 57.6 Å². The zero-order valence-corrected chi connectivity index (χ0v) is 19.5. The second-order valence-electron chi connectivity index (χ2n) is 9.11. The van der Waals surface area contributed by atoms with Gasteiger partial charge in [0.05, 0.1) is 19.3 Å². The van der Waals surface area contributed by atoms with Gasteiger partial charge in [-0.25, -0.2) is 10.4 Å². The van der Waals surface area contributed by atoms with Crippen LogP contribution in [0.2, 0.25) is 0 Å². The number of nitrogens with zero attached hydrogens (tertiary/aromatic N) is 5. The van der Waals surface area contributed by atoms with Gasteiger partial charge in [0.15, 0.2) is 5.82 Å². The zero-order valence-electron chi connectivity index (χ0n) is 19.5. The molecule has 176 valence electrons. The van der Waals surface area contributed by atoms with Crippen molar-refractivity contribution in [1.82, 2.24) is 20.4 Å². The monoisotopic (exact) mass is 449 g/mol. The molecule has 8 heteroatoms. The quantitative estimate of drug-likeness (QED) is 0.721. The number of rotatable bonds is 6. The summed E-state index contributed by atoms with van der Waals surface area (Å²) in [6.45, 7) is 9.72. The van der Waals surface area contributed by atoms with Crippen molar-refractivity contribution in [3.8, 4) is 5.75 Å². The predicted molar refractivity (Wildman–Crippen MR) is 132 cm³/mol. The maximum atomic E-state index is 12.1.